The molecule has 0 unspecified atom stereocenters. The number of imide groups is 1. The molecule has 0 saturated heterocycles. The van der Waals surface area contributed by atoms with E-state index in [1.165, 1.54) is 99.6 Å². The molecule has 46 heteroatoms. The van der Waals surface area contributed by atoms with Gasteiger partial charge in [0.2, 0.25) is 88.6 Å². The minimum atomic E-state index is -2.24. The summed E-state index contributed by atoms with van der Waals surface area (Å²) in [6.45, 7) is 11.0. The van der Waals surface area contributed by atoms with Crippen LogP contribution in [0.4, 0.5) is 0 Å². The third kappa shape index (κ3) is 36.6. The lowest BCUT2D eigenvalue weighted by Gasteiger charge is -2.30. The van der Waals surface area contributed by atoms with Crippen LogP contribution in [0.1, 0.15) is 169 Å². The molecule has 0 aliphatic carbocycles. The Morgan fingerprint density at radius 1 is 0.416 bits per heavy atom. The molecule has 5 rings (SSSR count). The number of carbonyl (C=O) groups excluding carboxylic acids is 17. The molecular weight excluding hydrogens is 1800 g/mol. The monoisotopic (exact) mass is 1920 g/mol. The van der Waals surface area contributed by atoms with Gasteiger partial charge >= 0.3 is 17.9 Å². The maximum atomic E-state index is 14.7. The molecule has 0 radical (unpaired) electrons. The number of phenols is 2. The van der Waals surface area contributed by atoms with Gasteiger partial charge < -0.3 is 131 Å². The fraction of sp³-hybridized carbons (Fsp3) is 0.516. The van der Waals surface area contributed by atoms with Gasteiger partial charge in [-0.15, -0.1) is 0 Å². The normalized spacial score (nSPS) is 15.2. The maximum Gasteiger partial charge on any atom is 0.305 e. The summed E-state index contributed by atoms with van der Waals surface area (Å²) in [6, 6.07) is 0.127. The Labute approximate surface area is 789 Å². The van der Waals surface area contributed by atoms with Gasteiger partial charge in [0.15, 0.2) is 0 Å². The molecule has 1 heterocycles. The van der Waals surface area contributed by atoms with Gasteiger partial charge in [0.05, 0.1) is 55.9 Å². The first-order valence-electron chi connectivity index (χ1n) is 44.5. The summed E-state index contributed by atoms with van der Waals surface area (Å²) in [4.78, 5) is 275. The summed E-state index contributed by atoms with van der Waals surface area (Å²) in [5, 5.41) is 128. The summed E-state index contributed by atoms with van der Waals surface area (Å²) in [5.41, 5.74) is 5.72. The van der Waals surface area contributed by atoms with E-state index in [-0.39, 0.29) is 72.9 Å². The van der Waals surface area contributed by atoms with E-state index in [1.807, 2.05) is 0 Å². The van der Waals surface area contributed by atoms with Crippen molar-refractivity contribution in [1.29, 1.82) is 0 Å². The summed E-state index contributed by atoms with van der Waals surface area (Å²) in [6.07, 6.45) is -6.60. The van der Waals surface area contributed by atoms with E-state index in [0.29, 0.717) is 36.9 Å². The van der Waals surface area contributed by atoms with E-state index >= 15 is 0 Å². The number of unbranched alkanes of at least 4 members (excludes halogenated alkanes) is 1. The van der Waals surface area contributed by atoms with Crippen molar-refractivity contribution in [2.24, 2.45) is 23.0 Å². The number of carboxylic acid groups (broad SMARTS) is 3. The molecule has 137 heavy (non-hydrogen) atoms. The van der Waals surface area contributed by atoms with Crippen LogP contribution in [-0.2, 0) is 106 Å². The second-order valence-corrected chi connectivity index (χ2v) is 34.4. The van der Waals surface area contributed by atoms with E-state index in [1.54, 1.807) is 52.8 Å². The van der Waals surface area contributed by atoms with Gasteiger partial charge in [-0.3, -0.25) is 101 Å². The molecule has 750 valence electrons. The van der Waals surface area contributed by atoms with E-state index in [0.717, 1.165) is 24.3 Å². The highest BCUT2D eigenvalue weighted by molar-refractivity contribution is 6.21. The van der Waals surface area contributed by atoms with E-state index in [9.17, 15) is 142 Å². The number of carboxylic acids is 3. The molecule has 17 amide bonds. The number of hydrogen-bond donors (Lipinski definition) is 25. The van der Waals surface area contributed by atoms with E-state index < -0.39 is 279 Å². The summed E-state index contributed by atoms with van der Waals surface area (Å²) in [7, 11) is 0. The fourth-order valence-electron chi connectivity index (χ4n) is 14.0. The Morgan fingerprint density at radius 2 is 0.832 bits per heavy atom. The lowest BCUT2D eigenvalue weighted by Crippen LogP contribution is -2.63. The Bertz CT molecular complexity index is 4920. The number of benzene rings is 4. The Hall–Kier alpha value is -14.1. The topological polar surface area (TPSA) is 733 Å². The number of aryl methyl sites for hydroxylation is 1. The van der Waals surface area contributed by atoms with Crippen LogP contribution in [0.25, 0.3) is 0 Å². The number of amides is 17. The smallest absolute Gasteiger partial charge is 0.305 e. The molecule has 1 aliphatic rings. The number of carbonyl (C=O) groups is 20. The molecule has 4 aromatic rings. The zero-order valence-electron chi connectivity index (χ0n) is 77.7. The van der Waals surface area contributed by atoms with Crippen molar-refractivity contribution in [2.75, 3.05) is 39.4 Å². The zero-order valence-corrected chi connectivity index (χ0v) is 77.7. The third-order valence-electron chi connectivity index (χ3n) is 22.1. The quantitative estimate of drug-likeness (QED) is 0.0112. The molecular formula is C91H127N17O29. The second-order valence-electron chi connectivity index (χ2n) is 34.4. The lowest BCUT2D eigenvalue weighted by atomic mass is 9.90. The predicted octanol–water partition coefficient (Wildman–Crippen LogP) is -4.52. The standard InChI is InChI=1S/C91H127N17O29/c1-11-48(5)72(84(131)100-62(40-54-24-28-56(114)29-25-54)78(125)96-60(36-46(2)3)77(124)98-64(41-70(118)119)76(123)95-49(6)18-15-16-33-92)106-83(130)67(45-110)102-79(126)61(39-53-22-26-55(113)27-23-53)97-80(127)65(42-71(120)121)99-82(129)66(44-109)103-86(133)74(51(8)112)107-81(128)63(38-52-19-13-12-14-20-52)101-85(132)73(50(7)111)105-68(115)43-94-75(122)59(31-32-69(116)117)104-90(137)91(9,10)89(136)93-34-17-35-108-87(134)57-30-21-47(4)37-58(57)88(108)135/h12-14,19-30,37,46,48-51,59-67,72-74,109-114H,11,15-18,31-36,38-45,92H2,1-10H3,(H,93,136)(H,94,122)(H,95,123)(H,96,125)(H,97,127)(H,98,124)(H,99,129)(H,100,131)(H,101,132)(H,102,126)(H,103,133)(H,104,137)(H,105,115)(H,106,130)(H,107,128)(H,116,117)(H,118,119)(H,120,121)/t48-,49+,50+,51+,59-,60-,61-,62-,63-,64-,65-,66-,67-,72-,73-,74-/m0/s1. The fourth-order valence-corrected chi connectivity index (χ4v) is 14.0. The highest BCUT2D eigenvalue weighted by Gasteiger charge is 2.43. The van der Waals surface area contributed by atoms with Gasteiger partial charge in [0.1, 0.15) is 89.4 Å². The average molecular weight is 1920 g/mol. The zero-order chi connectivity index (χ0) is 102. The highest BCUT2D eigenvalue weighted by atomic mass is 16.4. The van der Waals surface area contributed by atoms with Crippen molar-refractivity contribution < 1.29 is 142 Å². The highest BCUT2D eigenvalue weighted by Crippen LogP contribution is 2.26. The number of nitrogens with two attached hydrogens (primary N) is 1. The van der Waals surface area contributed by atoms with Crippen LogP contribution in [0.3, 0.4) is 0 Å². The van der Waals surface area contributed by atoms with Gasteiger partial charge in [0, 0.05) is 44.8 Å². The maximum absolute atomic E-state index is 14.7. The molecule has 0 saturated carbocycles. The first kappa shape index (κ1) is 113. The minimum absolute atomic E-state index is 0.0721. The first-order valence-corrected chi connectivity index (χ1v) is 44.5. The van der Waals surface area contributed by atoms with Crippen molar-refractivity contribution >= 4 is 118 Å². The van der Waals surface area contributed by atoms with E-state index in [2.05, 4.69) is 79.8 Å². The second kappa shape index (κ2) is 55.0. The summed E-state index contributed by atoms with van der Waals surface area (Å²) >= 11 is 0. The van der Waals surface area contributed by atoms with E-state index in [4.69, 9.17) is 5.73 Å². The van der Waals surface area contributed by atoms with Crippen LogP contribution in [0, 0.1) is 24.2 Å². The summed E-state index contributed by atoms with van der Waals surface area (Å²) in [5.74, 6) is -24.9. The molecule has 16 atom stereocenters. The number of aliphatic hydroxyl groups is 4. The number of rotatable bonds is 58. The number of hydrogen-bond acceptors (Lipinski definition) is 27. The molecule has 0 bridgehead atoms. The number of aliphatic carboxylic acids is 3. The van der Waals surface area contributed by atoms with Gasteiger partial charge in [-0.25, -0.2) is 0 Å². The Balaban J connectivity index is 1.30. The number of nitrogens with one attached hydrogen (secondary N) is 15. The van der Waals surface area contributed by atoms with Crippen LogP contribution in [0.15, 0.2) is 97.1 Å². The van der Waals surface area contributed by atoms with Gasteiger partial charge in [-0.2, -0.15) is 0 Å². The van der Waals surface area contributed by atoms with Crippen molar-refractivity contribution in [2.45, 2.75) is 243 Å². The van der Waals surface area contributed by atoms with Crippen LogP contribution in [-0.4, -0.2) is 299 Å². The van der Waals surface area contributed by atoms with Gasteiger partial charge in [-0.05, 0) is 145 Å². The number of aliphatic hydroxyl groups excluding tert-OH is 4. The number of nitrogens with zero attached hydrogens (tertiary/aromatic N) is 1. The van der Waals surface area contributed by atoms with Gasteiger partial charge in [-0.1, -0.05) is 107 Å². The minimum Gasteiger partial charge on any atom is -0.508 e. The van der Waals surface area contributed by atoms with Crippen molar-refractivity contribution in [1.82, 2.24) is 84.7 Å². The van der Waals surface area contributed by atoms with Crippen molar-refractivity contribution in [3.8, 4) is 11.5 Å². The molecule has 26 N–H and O–H groups in total. The molecule has 1 aliphatic heterocycles. The molecule has 0 fully saturated rings. The number of phenolic OH excluding ortho intramolecular Hbond substituents is 2. The van der Waals surface area contributed by atoms with Crippen LogP contribution < -0.4 is 85.5 Å². The Morgan fingerprint density at radius 3 is 1.31 bits per heavy atom. The average Bonchev–Trinajstić information content (AvgIpc) is 1.63. The van der Waals surface area contributed by atoms with Crippen LogP contribution in [0.2, 0.25) is 0 Å². The number of aromatic hydroxyl groups is 2. The van der Waals surface area contributed by atoms with Crippen LogP contribution >= 0.6 is 0 Å². The Kier molecular flexibility index (Phi) is 45.6. The predicted molar refractivity (Wildman–Crippen MR) is 486 cm³/mol. The molecule has 0 aromatic heterocycles. The van der Waals surface area contributed by atoms with Crippen molar-refractivity contribution in [3.05, 3.63) is 130 Å². The first-order chi connectivity index (χ1) is 64.5. The van der Waals surface area contributed by atoms with Gasteiger partial charge in [0.25, 0.3) is 11.8 Å². The number of fused-ring (bicyclic) bond motifs is 1. The van der Waals surface area contributed by atoms with Crippen LogP contribution in [0.5, 0.6) is 11.5 Å². The SMILES string of the molecule is CC[C@H](C)[C@H](NC(=O)[C@H](CO)NC(=O)[C@H](Cc1ccc(O)cc1)NC(=O)[C@H](CC(=O)O)NC(=O)[C@H](CO)NC(=O)[C@@H](NC(=O)[C@H](Cc1ccccc1)NC(=O)[C@@H](NC(=O)CNC(=O)[C@H](CCC(=O)O)NC(=O)C(C)(C)C(=O)NCCCN1C(=O)c2ccc(C)cc2C1=O)[C@@H](C)O)[C@@H](C)O)C(=O)N[C@@H](Cc1ccc(O)cc1)C(=O)N[C@@H](CC(C)C)C(=O)N[C@@H](CC(=O)O)C(=O)N[C@H](C)CCCCN. The van der Waals surface area contributed by atoms with Crippen molar-refractivity contribution in [3.63, 3.8) is 0 Å². The lowest BCUT2D eigenvalue weighted by molar-refractivity contribution is -0.144. The molecule has 46 nitrogen and oxygen atoms in total. The summed E-state index contributed by atoms with van der Waals surface area (Å²) < 4.78 is 0. The molecule has 4 aromatic carbocycles. The molecule has 0 spiro atoms. The third-order valence-corrected chi connectivity index (χ3v) is 22.1. The largest absolute Gasteiger partial charge is 0.508 e.